The number of aromatic nitrogens is 2. The number of methoxy groups -OCH3 is 1. The van der Waals surface area contributed by atoms with Gasteiger partial charge in [0.05, 0.1) is 12.7 Å². The van der Waals surface area contributed by atoms with E-state index in [4.69, 9.17) is 4.74 Å². The molecule has 18 heavy (non-hydrogen) atoms. The van der Waals surface area contributed by atoms with Crippen molar-refractivity contribution in [1.82, 2.24) is 15.5 Å². The Morgan fingerprint density at radius 1 is 1.33 bits per heavy atom. The molecule has 0 saturated carbocycles. The molecule has 0 fully saturated rings. The van der Waals surface area contributed by atoms with Gasteiger partial charge in [-0.15, -0.1) is 10.2 Å². The van der Waals surface area contributed by atoms with Crippen LogP contribution >= 0.6 is 11.3 Å². The fourth-order valence-electron chi connectivity index (χ4n) is 1.65. The zero-order valence-corrected chi connectivity index (χ0v) is 11.7. The third-order valence-corrected chi connectivity index (χ3v) is 3.53. The molecule has 0 unspecified atom stereocenters. The van der Waals surface area contributed by atoms with E-state index >= 15 is 0 Å². The fourth-order valence-corrected chi connectivity index (χ4v) is 2.48. The summed E-state index contributed by atoms with van der Waals surface area (Å²) in [5.41, 5.74) is 2.20. The minimum atomic E-state index is 0.766. The molecule has 2 rings (SSSR count). The standard InChI is InChI=1S/C13H17N3OS/c1-4-14-8-12-15-16-13(18-12)10-7-9(2)5-6-11(10)17-3/h5-7,14H,4,8H2,1-3H3. The van der Waals surface area contributed by atoms with E-state index in [0.717, 1.165) is 34.4 Å². The highest BCUT2D eigenvalue weighted by molar-refractivity contribution is 7.14. The SMILES string of the molecule is CCNCc1nnc(-c2cc(C)ccc2OC)s1. The molecular weight excluding hydrogens is 246 g/mol. The van der Waals surface area contributed by atoms with Gasteiger partial charge < -0.3 is 10.1 Å². The largest absolute Gasteiger partial charge is 0.496 e. The van der Waals surface area contributed by atoms with Gasteiger partial charge in [0.1, 0.15) is 10.8 Å². The van der Waals surface area contributed by atoms with Crippen molar-refractivity contribution >= 4 is 11.3 Å². The van der Waals surface area contributed by atoms with E-state index in [0.29, 0.717) is 0 Å². The van der Waals surface area contributed by atoms with Crippen molar-refractivity contribution in [3.63, 3.8) is 0 Å². The van der Waals surface area contributed by atoms with Crippen molar-refractivity contribution < 1.29 is 4.74 Å². The van der Waals surface area contributed by atoms with Crippen LogP contribution in [0.15, 0.2) is 18.2 Å². The van der Waals surface area contributed by atoms with Gasteiger partial charge in [-0.3, -0.25) is 0 Å². The summed E-state index contributed by atoms with van der Waals surface area (Å²) in [6.07, 6.45) is 0. The predicted molar refractivity (Wildman–Crippen MR) is 74.0 cm³/mol. The Hall–Kier alpha value is -1.46. The lowest BCUT2D eigenvalue weighted by atomic mass is 10.1. The van der Waals surface area contributed by atoms with Crippen molar-refractivity contribution in [3.8, 4) is 16.3 Å². The molecule has 0 radical (unpaired) electrons. The highest BCUT2D eigenvalue weighted by Gasteiger charge is 2.11. The average molecular weight is 263 g/mol. The van der Waals surface area contributed by atoms with Crippen molar-refractivity contribution in [2.45, 2.75) is 20.4 Å². The summed E-state index contributed by atoms with van der Waals surface area (Å²) >= 11 is 1.60. The van der Waals surface area contributed by atoms with Gasteiger partial charge in [0.15, 0.2) is 5.01 Å². The molecule has 0 atom stereocenters. The number of nitrogens with zero attached hydrogens (tertiary/aromatic N) is 2. The van der Waals surface area contributed by atoms with Crippen molar-refractivity contribution in [3.05, 3.63) is 28.8 Å². The minimum Gasteiger partial charge on any atom is -0.496 e. The second kappa shape index (κ2) is 5.93. The van der Waals surface area contributed by atoms with Gasteiger partial charge in [-0.1, -0.05) is 29.9 Å². The molecule has 0 aliphatic heterocycles. The average Bonchev–Trinajstić information content (AvgIpc) is 2.85. The summed E-state index contributed by atoms with van der Waals surface area (Å²) in [4.78, 5) is 0. The number of hydrogen-bond donors (Lipinski definition) is 1. The summed E-state index contributed by atoms with van der Waals surface area (Å²) in [6, 6.07) is 6.08. The first kappa shape index (κ1) is 13.0. The van der Waals surface area contributed by atoms with Gasteiger partial charge in [-0.2, -0.15) is 0 Å². The van der Waals surface area contributed by atoms with E-state index in [9.17, 15) is 0 Å². The van der Waals surface area contributed by atoms with Gasteiger partial charge in [0.25, 0.3) is 0 Å². The van der Waals surface area contributed by atoms with Crippen LogP contribution in [0.4, 0.5) is 0 Å². The van der Waals surface area contributed by atoms with Crippen LogP contribution < -0.4 is 10.1 Å². The number of rotatable bonds is 5. The molecule has 2 aromatic rings. The summed E-state index contributed by atoms with van der Waals surface area (Å²) < 4.78 is 5.37. The molecule has 1 aromatic carbocycles. The Balaban J connectivity index is 2.30. The predicted octanol–water partition coefficient (Wildman–Crippen LogP) is 2.63. The molecule has 1 N–H and O–H groups in total. The lowest BCUT2D eigenvalue weighted by Crippen LogP contribution is -2.11. The first-order valence-corrected chi connectivity index (χ1v) is 6.74. The van der Waals surface area contributed by atoms with Crippen LogP contribution in [0.1, 0.15) is 17.5 Å². The third-order valence-electron chi connectivity index (χ3n) is 2.58. The maximum atomic E-state index is 5.37. The second-order valence-electron chi connectivity index (χ2n) is 3.99. The topological polar surface area (TPSA) is 47.0 Å². The van der Waals surface area contributed by atoms with Gasteiger partial charge in [-0.25, -0.2) is 0 Å². The molecular formula is C13H17N3OS. The molecule has 96 valence electrons. The van der Waals surface area contributed by atoms with Crippen LogP contribution in [0.5, 0.6) is 5.75 Å². The molecule has 5 heteroatoms. The molecule has 4 nitrogen and oxygen atoms in total. The molecule has 0 saturated heterocycles. The maximum absolute atomic E-state index is 5.37. The normalized spacial score (nSPS) is 10.6. The Labute approximate surface area is 111 Å². The first-order valence-electron chi connectivity index (χ1n) is 5.92. The van der Waals surface area contributed by atoms with Crippen molar-refractivity contribution in [2.24, 2.45) is 0 Å². The van der Waals surface area contributed by atoms with E-state index in [1.54, 1.807) is 18.4 Å². The Bertz CT molecular complexity index is 525. The quantitative estimate of drug-likeness (QED) is 0.901. The number of ether oxygens (including phenoxy) is 1. The van der Waals surface area contributed by atoms with Crippen LogP contribution in [-0.4, -0.2) is 23.9 Å². The Morgan fingerprint density at radius 2 is 2.17 bits per heavy atom. The smallest absolute Gasteiger partial charge is 0.151 e. The summed E-state index contributed by atoms with van der Waals surface area (Å²) in [6.45, 7) is 5.83. The van der Waals surface area contributed by atoms with Gasteiger partial charge in [-0.05, 0) is 25.6 Å². The van der Waals surface area contributed by atoms with Crippen LogP contribution in [0, 0.1) is 6.92 Å². The monoisotopic (exact) mass is 263 g/mol. The minimum absolute atomic E-state index is 0.766. The fraction of sp³-hybridized carbons (Fsp3) is 0.385. The Kier molecular flexibility index (Phi) is 4.28. The van der Waals surface area contributed by atoms with E-state index in [-0.39, 0.29) is 0 Å². The number of hydrogen-bond acceptors (Lipinski definition) is 5. The summed E-state index contributed by atoms with van der Waals surface area (Å²) in [5.74, 6) is 0.840. The van der Waals surface area contributed by atoms with E-state index in [1.807, 2.05) is 12.1 Å². The third kappa shape index (κ3) is 2.86. The van der Waals surface area contributed by atoms with Crippen molar-refractivity contribution in [1.29, 1.82) is 0 Å². The molecule has 0 aliphatic rings. The van der Waals surface area contributed by atoms with Gasteiger partial charge >= 0.3 is 0 Å². The highest BCUT2D eigenvalue weighted by Crippen LogP contribution is 2.32. The van der Waals surface area contributed by atoms with E-state index < -0.39 is 0 Å². The lowest BCUT2D eigenvalue weighted by Gasteiger charge is -2.06. The van der Waals surface area contributed by atoms with Gasteiger partial charge in [0.2, 0.25) is 0 Å². The lowest BCUT2D eigenvalue weighted by molar-refractivity contribution is 0.416. The number of aryl methyl sites for hydroxylation is 1. The van der Waals surface area contributed by atoms with Crippen molar-refractivity contribution in [2.75, 3.05) is 13.7 Å². The van der Waals surface area contributed by atoms with Gasteiger partial charge in [0, 0.05) is 6.54 Å². The highest BCUT2D eigenvalue weighted by atomic mass is 32.1. The molecule has 0 bridgehead atoms. The second-order valence-corrected chi connectivity index (χ2v) is 5.05. The first-order chi connectivity index (χ1) is 8.74. The van der Waals surface area contributed by atoms with Crippen LogP contribution in [0.25, 0.3) is 10.6 Å². The number of benzene rings is 1. The van der Waals surface area contributed by atoms with E-state index in [1.165, 1.54) is 5.56 Å². The molecule has 0 aliphatic carbocycles. The Morgan fingerprint density at radius 3 is 2.89 bits per heavy atom. The molecule has 1 heterocycles. The molecule has 0 amide bonds. The van der Waals surface area contributed by atoms with Crippen LogP contribution in [0.3, 0.4) is 0 Å². The van der Waals surface area contributed by atoms with Crippen LogP contribution in [0.2, 0.25) is 0 Å². The zero-order valence-electron chi connectivity index (χ0n) is 10.9. The van der Waals surface area contributed by atoms with E-state index in [2.05, 4.69) is 35.4 Å². The number of nitrogens with one attached hydrogen (secondary N) is 1. The summed E-state index contributed by atoms with van der Waals surface area (Å²) in [5, 5.41) is 13.6. The van der Waals surface area contributed by atoms with Crippen LogP contribution in [-0.2, 0) is 6.54 Å². The molecule has 0 spiro atoms. The zero-order chi connectivity index (χ0) is 13.0. The molecule has 1 aromatic heterocycles. The summed E-state index contributed by atoms with van der Waals surface area (Å²) in [7, 11) is 1.68. The maximum Gasteiger partial charge on any atom is 0.151 e.